The van der Waals surface area contributed by atoms with Crippen LogP contribution in [0.2, 0.25) is 0 Å². The standard InChI is InChI=1S/C5H5BrN2O.BrH/c1-9-4-2-7-3-8-5(4)6;/h2-3H,1H3;1H. The summed E-state index contributed by atoms with van der Waals surface area (Å²) in [7, 11) is 1.57. The number of rotatable bonds is 1. The van der Waals surface area contributed by atoms with Gasteiger partial charge in [0.2, 0.25) is 0 Å². The SMILES string of the molecule is Br.COc1cncnc1Br. The number of halogens is 2. The molecule has 10 heavy (non-hydrogen) atoms. The number of hydrogen-bond acceptors (Lipinski definition) is 3. The van der Waals surface area contributed by atoms with E-state index in [0.717, 1.165) is 0 Å². The summed E-state index contributed by atoms with van der Waals surface area (Å²) < 4.78 is 5.55. The summed E-state index contributed by atoms with van der Waals surface area (Å²) in [5, 5.41) is 0. The van der Waals surface area contributed by atoms with Crippen molar-refractivity contribution in [3.05, 3.63) is 17.1 Å². The second kappa shape index (κ2) is 4.62. The van der Waals surface area contributed by atoms with Gasteiger partial charge in [-0.1, -0.05) is 0 Å². The average Bonchev–Trinajstić information content (AvgIpc) is 1.89. The van der Waals surface area contributed by atoms with Crippen LogP contribution in [0.25, 0.3) is 0 Å². The van der Waals surface area contributed by atoms with E-state index in [1.54, 1.807) is 13.3 Å². The van der Waals surface area contributed by atoms with Gasteiger partial charge in [-0.05, 0) is 15.9 Å². The molecule has 0 unspecified atom stereocenters. The molecule has 0 saturated heterocycles. The van der Waals surface area contributed by atoms with E-state index < -0.39 is 0 Å². The zero-order chi connectivity index (χ0) is 6.69. The quantitative estimate of drug-likeness (QED) is 0.730. The van der Waals surface area contributed by atoms with Crippen LogP contribution in [-0.2, 0) is 0 Å². The van der Waals surface area contributed by atoms with Crippen molar-refractivity contribution in [2.24, 2.45) is 0 Å². The smallest absolute Gasteiger partial charge is 0.169 e. The number of ether oxygens (including phenoxy) is 1. The van der Waals surface area contributed by atoms with Crippen molar-refractivity contribution in [3.63, 3.8) is 0 Å². The first-order valence-electron chi connectivity index (χ1n) is 2.34. The minimum absolute atomic E-state index is 0. The van der Waals surface area contributed by atoms with Crippen LogP contribution in [-0.4, -0.2) is 17.1 Å². The summed E-state index contributed by atoms with van der Waals surface area (Å²) in [6.07, 6.45) is 3.05. The molecule has 0 aliphatic heterocycles. The van der Waals surface area contributed by atoms with Crippen LogP contribution in [0.15, 0.2) is 17.1 Å². The normalized spacial score (nSPS) is 8.20. The van der Waals surface area contributed by atoms with Crippen LogP contribution in [0.4, 0.5) is 0 Å². The van der Waals surface area contributed by atoms with Crippen molar-refractivity contribution in [3.8, 4) is 5.75 Å². The highest BCUT2D eigenvalue weighted by Gasteiger charge is 1.96. The Hall–Kier alpha value is -0.160. The van der Waals surface area contributed by atoms with Gasteiger partial charge in [0.15, 0.2) is 10.4 Å². The van der Waals surface area contributed by atoms with Crippen molar-refractivity contribution >= 4 is 32.9 Å². The molecule has 0 saturated carbocycles. The van der Waals surface area contributed by atoms with E-state index in [-0.39, 0.29) is 17.0 Å². The molecule has 0 radical (unpaired) electrons. The summed E-state index contributed by atoms with van der Waals surface area (Å²) in [5.74, 6) is 0.650. The zero-order valence-electron chi connectivity index (χ0n) is 5.24. The first-order chi connectivity index (χ1) is 4.34. The largest absolute Gasteiger partial charge is 0.492 e. The van der Waals surface area contributed by atoms with Crippen LogP contribution in [0.1, 0.15) is 0 Å². The first-order valence-corrected chi connectivity index (χ1v) is 3.13. The third kappa shape index (κ3) is 2.22. The van der Waals surface area contributed by atoms with E-state index >= 15 is 0 Å². The number of methoxy groups -OCH3 is 1. The second-order valence-electron chi connectivity index (χ2n) is 1.38. The Morgan fingerprint density at radius 2 is 2.30 bits per heavy atom. The number of aromatic nitrogens is 2. The van der Waals surface area contributed by atoms with E-state index in [9.17, 15) is 0 Å². The molecule has 0 spiro atoms. The van der Waals surface area contributed by atoms with Crippen molar-refractivity contribution in [2.75, 3.05) is 7.11 Å². The van der Waals surface area contributed by atoms with E-state index in [2.05, 4.69) is 25.9 Å². The fourth-order valence-electron chi connectivity index (χ4n) is 0.439. The number of nitrogens with zero attached hydrogens (tertiary/aromatic N) is 2. The van der Waals surface area contributed by atoms with Crippen molar-refractivity contribution < 1.29 is 4.74 Å². The summed E-state index contributed by atoms with van der Waals surface area (Å²) >= 11 is 3.18. The Morgan fingerprint density at radius 3 is 2.70 bits per heavy atom. The summed E-state index contributed by atoms with van der Waals surface area (Å²) in [6, 6.07) is 0. The molecule has 0 bridgehead atoms. The fraction of sp³-hybridized carbons (Fsp3) is 0.200. The third-order valence-electron chi connectivity index (χ3n) is 0.853. The molecule has 1 aromatic heterocycles. The maximum Gasteiger partial charge on any atom is 0.169 e. The summed E-state index contributed by atoms with van der Waals surface area (Å²) in [6.45, 7) is 0. The van der Waals surface area contributed by atoms with E-state index in [1.807, 2.05) is 0 Å². The van der Waals surface area contributed by atoms with Crippen LogP contribution < -0.4 is 4.74 Å². The lowest BCUT2D eigenvalue weighted by molar-refractivity contribution is 0.407. The second-order valence-corrected chi connectivity index (χ2v) is 2.13. The molecule has 0 amide bonds. The average molecular weight is 270 g/mol. The highest BCUT2D eigenvalue weighted by atomic mass is 79.9. The van der Waals surface area contributed by atoms with E-state index in [0.29, 0.717) is 10.4 Å². The van der Waals surface area contributed by atoms with Gasteiger partial charge in [0.1, 0.15) is 6.33 Å². The molecule has 1 aromatic rings. The molecule has 0 atom stereocenters. The van der Waals surface area contributed by atoms with Gasteiger partial charge in [-0.3, -0.25) is 0 Å². The molecule has 0 aromatic carbocycles. The molecule has 0 aliphatic carbocycles. The monoisotopic (exact) mass is 268 g/mol. The molecular weight excluding hydrogens is 264 g/mol. The van der Waals surface area contributed by atoms with Gasteiger partial charge in [0, 0.05) is 0 Å². The van der Waals surface area contributed by atoms with Crippen LogP contribution in [0.5, 0.6) is 5.75 Å². The maximum absolute atomic E-state index is 4.87. The molecule has 0 N–H and O–H groups in total. The van der Waals surface area contributed by atoms with Gasteiger partial charge in [-0.2, -0.15) is 0 Å². The van der Waals surface area contributed by atoms with Gasteiger partial charge in [-0.25, -0.2) is 9.97 Å². The van der Waals surface area contributed by atoms with Crippen molar-refractivity contribution in [1.82, 2.24) is 9.97 Å². The Bertz CT molecular complexity index is 207. The molecule has 1 heterocycles. The predicted octanol–water partition coefficient (Wildman–Crippen LogP) is 1.83. The maximum atomic E-state index is 4.87. The Morgan fingerprint density at radius 1 is 1.60 bits per heavy atom. The Balaban J connectivity index is 0.000000810. The molecule has 0 fully saturated rings. The predicted molar refractivity (Wildman–Crippen MR) is 46.6 cm³/mol. The summed E-state index contributed by atoms with van der Waals surface area (Å²) in [5.41, 5.74) is 0. The Kier molecular flexibility index (Phi) is 4.55. The molecule has 5 heteroatoms. The third-order valence-corrected chi connectivity index (χ3v) is 1.45. The van der Waals surface area contributed by atoms with Gasteiger partial charge >= 0.3 is 0 Å². The molecule has 1 rings (SSSR count). The molecule has 56 valence electrons. The van der Waals surface area contributed by atoms with Gasteiger partial charge in [0.05, 0.1) is 13.3 Å². The highest BCUT2D eigenvalue weighted by molar-refractivity contribution is 9.10. The lowest BCUT2D eigenvalue weighted by Gasteiger charge is -1.97. The molecule has 0 aliphatic rings. The topological polar surface area (TPSA) is 35.0 Å². The van der Waals surface area contributed by atoms with Crippen LogP contribution in [0, 0.1) is 0 Å². The first kappa shape index (κ1) is 9.84. The minimum Gasteiger partial charge on any atom is -0.492 e. The molecule has 3 nitrogen and oxygen atoms in total. The minimum atomic E-state index is 0. The molecular formula is C5H6Br2N2O. The van der Waals surface area contributed by atoms with Gasteiger partial charge in [-0.15, -0.1) is 17.0 Å². The zero-order valence-corrected chi connectivity index (χ0v) is 8.54. The lowest BCUT2D eigenvalue weighted by Crippen LogP contribution is -1.87. The Labute approximate surface area is 77.7 Å². The van der Waals surface area contributed by atoms with E-state index in [1.165, 1.54) is 6.33 Å². The van der Waals surface area contributed by atoms with Gasteiger partial charge < -0.3 is 4.74 Å². The summed E-state index contributed by atoms with van der Waals surface area (Å²) in [4.78, 5) is 7.58. The number of hydrogen-bond donors (Lipinski definition) is 0. The van der Waals surface area contributed by atoms with Crippen molar-refractivity contribution in [2.45, 2.75) is 0 Å². The van der Waals surface area contributed by atoms with Crippen LogP contribution in [0.3, 0.4) is 0 Å². The highest BCUT2D eigenvalue weighted by Crippen LogP contribution is 2.18. The van der Waals surface area contributed by atoms with Crippen molar-refractivity contribution in [1.29, 1.82) is 0 Å². The fourth-order valence-corrected chi connectivity index (χ4v) is 0.795. The van der Waals surface area contributed by atoms with Crippen LogP contribution >= 0.6 is 32.9 Å². The lowest BCUT2D eigenvalue weighted by atomic mass is 10.6. The van der Waals surface area contributed by atoms with Gasteiger partial charge in [0.25, 0.3) is 0 Å². The van der Waals surface area contributed by atoms with E-state index in [4.69, 9.17) is 4.74 Å².